The van der Waals surface area contributed by atoms with E-state index >= 15 is 0 Å². The van der Waals surface area contributed by atoms with Gasteiger partial charge in [-0.05, 0) is 30.7 Å². The zero-order chi connectivity index (χ0) is 12.9. The Kier molecular flexibility index (Phi) is 3.65. The van der Waals surface area contributed by atoms with Crippen molar-refractivity contribution in [2.75, 3.05) is 19.8 Å². The molecule has 100 valence electrons. The number of aromatic nitrogens is 2. The van der Waals surface area contributed by atoms with Crippen LogP contribution in [0.5, 0.6) is 11.5 Å². The average molecular weight is 259 g/mol. The second kappa shape index (κ2) is 5.75. The van der Waals surface area contributed by atoms with Crippen molar-refractivity contribution in [3.8, 4) is 11.5 Å². The molecule has 1 aliphatic rings. The molecule has 0 radical (unpaired) electrons. The van der Waals surface area contributed by atoms with Gasteiger partial charge in [0, 0.05) is 18.4 Å². The molecule has 0 saturated carbocycles. The summed E-state index contributed by atoms with van der Waals surface area (Å²) in [5.74, 6) is 1.71. The molecule has 1 aliphatic heterocycles. The number of nitrogens with one attached hydrogen (secondary N) is 2. The Morgan fingerprint density at radius 3 is 2.95 bits per heavy atom. The molecule has 19 heavy (non-hydrogen) atoms. The van der Waals surface area contributed by atoms with Crippen molar-refractivity contribution in [2.24, 2.45) is 0 Å². The minimum absolute atomic E-state index is 0.633. The second-order valence-corrected chi connectivity index (χ2v) is 4.48. The van der Waals surface area contributed by atoms with Crippen LogP contribution in [-0.4, -0.2) is 29.7 Å². The van der Waals surface area contributed by atoms with Crippen LogP contribution >= 0.6 is 0 Å². The maximum atomic E-state index is 5.57. The van der Waals surface area contributed by atoms with Crippen LogP contribution in [0.2, 0.25) is 0 Å². The Labute approximate surface area is 112 Å². The second-order valence-electron chi connectivity index (χ2n) is 4.48. The lowest BCUT2D eigenvalue weighted by molar-refractivity contribution is 0.171. The van der Waals surface area contributed by atoms with Crippen molar-refractivity contribution in [2.45, 2.75) is 13.0 Å². The molecule has 5 heteroatoms. The number of rotatable bonds is 5. The molecule has 0 unspecified atom stereocenters. The van der Waals surface area contributed by atoms with E-state index in [1.807, 2.05) is 12.3 Å². The van der Waals surface area contributed by atoms with E-state index in [0.29, 0.717) is 13.2 Å². The molecule has 0 atom stereocenters. The van der Waals surface area contributed by atoms with E-state index in [4.69, 9.17) is 9.47 Å². The number of imidazole rings is 1. The van der Waals surface area contributed by atoms with Gasteiger partial charge in [0.1, 0.15) is 13.2 Å². The van der Waals surface area contributed by atoms with Crippen LogP contribution in [0, 0.1) is 0 Å². The molecular weight excluding hydrogens is 242 g/mol. The molecule has 0 saturated heterocycles. The van der Waals surface area contributed by atoms with E-state index in [2.05, 4.69) is 27.4 Å². The van der Waals surface area contributed by atoms with Gasteiger partial charge in [-0.2, -0.15) is 0 Å². The van der Waals surface area contributed by atoms with E-state index in [9.17, 15) is 0 Å². The molecule has 2 aromatic rings. The zero-order valence-electron chi connectivity index (χ0n) is 10.7. The normalized spacial score (nSPS) is 13.5. The van der Waals surface area contributed by atoms with Gasteiger partial charge in [-0.3, -0.25) is 0 Å². The highest BCUT2D eigenvalue weighted by atomic mass is 16.6. The largest absolute Gasteiger partial charge is 0.486 e. The lowest BCUT2D eigenvalue weighted by Crippen LogP contribution is -2.18. The van der Waals surface area contributed by atoms with Gasteiger partial charge in [0.05, 0.1) is 6.33 Å². The Balaban J connectivity index is 1.50. The first-order chi connectivity index (χ1) is 9.42. The van der Waals surface area contributed by atoms with Crippen LogP contribution in [0.4, 0.5) is 0 Å². The average Bonchev–Trinajstić information content (AvgIpc) is 2.97. The number of ether oxygens (including phenoxy) is 2. The highest BCUT2D eigenvalue weighted by Crippen LogP contribution is 2.30. The third kappa shape index (κ3) is 3.06. The molecule has 1 aromatic heterocycles. The fourth-order valence-electron chi connectivity index (χ4n) is 2.08. The molecule has 0 fully saturated rings. The predicted molar refractivity (Wildman–Crippen MR) is 71.4 cm³/mol. The summed E-state index contributed by atoms with van der Waals surface area (Å²) in [6.07, 6.45) is 4.49. The van der Waals surface area contributed by atoms with Crippen LogP contribution in [0.15, 0.2) is 30.7 Å². The van der Waals surface area contributed by atoms with Crippen molar-refractivity contribution in [1.82, 2.24) is 15.3 Å². The van der Waals surface area contributed by atoms with Gasteiger partial charge in [-0.1, -0.05) is 6.07 Å². The minimum atomic E-state index is 0.633. The van der Waals surface area contributed by atoms with E-state index in [1.165, 1.54) is 5.56 Å². The zero-order valence-corrected chi connectivity index (χ0v) is 10.7. The van der Waals surface area contributed by atoms with Gasteiger partial charge in [0.25, 0.3) is 0 Å². The summed E-state index contributed by atoms with van der Waals surface area (Å²) in [5, 5.41) is 3.37. The molecule has 0 bridgehead atoms. The Morgan fingerprint density at radius 1 is 1.21 bits per heavy atom. The van der Waals surface area contributed by atoms with E-state index in [1.54, 1.807) is 6.33 Å². The monoisotopic (exact) mass is 259 g/mol. The van der Waals surface area contributed by atoms with E-state index in [-0.39, 0.29) is 0 Å². The third-order valence-corrected chi connectivity index (χ3v) is 3.07. The van der Waals surface area contributed by atoms with Crippen molar-refractivity contribution >= 4 is 0 Å². The lowest BCUT2D eigenvalue weighted by Gasteiger charge is -2.18. The summed E-state index contributed by atoms with van der Waals surface area (Å²) in [4.78, 5) is 7.05. The van der Waals surface area contributed by atoms with Gasteiger partial charge >= 0.3 is 0 Å². The fraction of sp³-hybridized carbons (Fsp3) is 0.357. The van der Waals surface area contributed by atoms with Crippen molar-refractivity contribution in [1.29, 1.82) is 0 Å². The molecular formula is C14H17N3O2. The number of H-pyrrole nitrogens is 1. The fourth-order valence-corrected chi connectivity index (χ4v) is 2.08. The molecule has 5 nitrogen and oxygen atoms in total. The third-order valence-electron chi connectivity index (χ3n) is 3.07. The summed E-state index contributed by atoms with van der Waals surface area (Å²) in [7, 11) is 0. The summed E-state index contributed by atoms with van der Waals surface area (Å²) >= 11 is 0. The van der Waals surface area contributed by atoms with Crippen molar-refractivity contribution in [3.63, 3.8) is 0 Å². The Morgan fingerprint density at radius 2 is 2.11 bits per heavy atom. The van der Waals surface area contributed by atoms with Crippen LogP contribution in [0.25, 0.3) is 0 Å². The molecule has 0 amide bonds. The number of aromatic amines is 1. The highest BCUT2D eigenvalue weighted by Gasteiger charge is 2.11. The van der Waals surface area contributed by atoms with Crippen molar-refractivity contribution in [3.05, 3.63) is 42.0 Å². The first-order valence-corrected chi connectivity index (χ1v) is 6.48. The van der Waals surface area contributed by atoms with Crippen LogP contribution in [0.1, 0.15) is 11.3 Å². The summed E-state index contributed by atoms with van der Waals surface area (Å²) in [6, 6.07) is 6.14. The Hall–Kier alpha value is -2.01. The number of nitrogens with zero attached hydrogens (tertiary/aromatic N) is 1. The first kappa shape index (κ1) is 12.0. The standard InChI is InChI=1S/C14H17N3O2/c1-2-13-14(19-6-5-18-13)7-11(1)3-4-15-8-12-9-16-10-17-12/h1-2,7,9-10,15H,3-6,8H2,(H,16,17). The number of benzene rings is 1. The molecule has 1 aromatic carbocycles. The SMILES string of the molecule is c1ncc(CNCCc2ccc3c(c2)OCCO3)[nH]1. The topological polar surface area (TPSA) is 59.2 Å². The summed E-state index contributed by atoms with van der Waals surface area (Å²) in [6.45, 7) is 3.00. The van der Waals surface area contributed by atoms with Crippen LogP contribution in [-0.2, 0) is 13.0 Å². The lowest BCUT2D eigenvalue weighted by atomic mass is 10.1. The van der Waals surface area contributed by atoms with Gasteiger partial charge in [-0.25, -0.2) is 4.98 Å². The first-order valence-electron chi connectivity index (χ1n) is 6.48. The molecule has 2 heterocycles. The molecule has 0 aliphatic carbocycles. The van der Waals surface area contributed by atoms with Gasteiger partial charge < -0.3 is 19.8 Å². The maximum Gasteiger partial charge on any atom is 0.161 e. The molecule has 0 spiro atoms. The molecule has 3 rings (SSSR count). The maximum absolute atomic E-state index is 5.57. The summed E-state index contributed by atoms with van der Waals surface area (Å²) in [5.41, 5.74) is 2.35. The van der Waals surface area contributed by atoms with E-state index < -0.39 is 0 Å². The minimum Gasteiger partial charge on any atom is -0.486 e. The smallest absolute Gasteiger partial charge is 0.161 e. The van der Waals surface area contributed by atoms with Gasteiger partial charge in [0.15, 0.2) is 11.5 Å². The predicted octanol–water partition coefficient (Wildman–Crippen LogP) is 1.51. The number of hydrogen-bond acceptors (Lipinski definition) is 4. The highest BCUT2D eigenvalue weighted by molar-refractivity contribution is 5.43. The van der Waals surface area contributed by atoms with Crippen molar-refractivity contribution < 1.29 is 9.47 Å². The van der Waals surface area contributed by atoms with Gasteiger partial charge in [0.2, 0.25) is 0 Å². The number of hydrogen-bond donors (Lipinski definition) is 2. The van der Waals surface area contributed by atoms with Gasteiger partial charge in [-0.15, -0.1) is 0 Å². The quantitative estimate of drug-likeness (QED) is 0.799. The van der Waals surface area contributed by atoms with E-state index in [0.717, 1.165) is 36.7 Å². The Bertz CT molecular complexity index is 525. The summed E-state index contributed by atoms with van der Waals surface area (Å²) < 4.78 is 11.1. The molecule has 2 N–H and O–H groups in total. The number of fused-ring (bicyclic) bond motifs is 1. The van der Waals surface area contributed by atoms with Crippen LogP contribution in [0.3, 0.4) is 0 Å². The van der Waals surface area contributed by atoms with Crippen LogP contribution < -0.4 is 14.8 Å².